The van der Waals surface area contributed by atoms with Crippen LogP contribution in [0.1, 0.15) is 318 Å². The highest BCUT2D eigenvalue weighted by Crippen LogP contribution is 2.45. The summed E-state index contributed by atoms with van der Waals surface area (Å²) in [5.74, 6) is 0.0636. The summed E-state index contributed by atoms with van der Waals surface area (Å²) in [7, 11) is -9.89. The molecule has 0 rings (SSSR count). The molecule has 0 heterocycles. The van der Waals surface area contributed by atoms with E-state index in [9.17, 15) is 43.2 Å². The van der Waals surface area contributed by atoms with Gasteiger partial charge in [-0.3, -0.25) is 37.3 Å². The van der Waals surface area contributed by atoms with Gasteiger partial charge >= 0.3 is 39.5 Å². The summed E-state index contributed by atoms with van der Waals surface area (Å²) >= 11 is 0. The molecule has 0 saturated heterocycles. The van der Waals surface area contributed by atoms with Crippen LogP contribution in [0.25, 0.3) is 0 Å². The molecule has 84 heavy (non-hydrogen) atoms. The summed E-state index contributed by atoms with van der Waals surface area (Å²) < 4.78 is 68.0. The van der Waals surface area contributed by atoms with Gasteiger partial charge in [0, 0.05) is 25.7 Å². The molecule has 0 aliphatic heterocycles. The predicted molar refractivity (Wildman–Crippen MR) is 335 cm³/mol. The van der Waals surface area contributed by atoms with E-state index in [1.54, 1.807) is 0 Å². The first-order valence-electron chi connectivity index (χ1n) is 33.9. The third-order valence-electron chi connectivity index (χ3n) is 15.2. The zero-order chi connectivity index (χ0) is 62.4. The maximum atomic E-state index is 13.0. The summed E-state index contributed by atoms with van der Waals surface area (Å²) in [5, 5.41) is 10.5. The van der Waals surface area contributed by atoms with Crippen molar-refractivity contribution < 1.29 is 80.2 Å². The van der Waals surface area contributed by atoms with Crippen LogP contribution in [0.4, 0.5) is 0 Å². The Balaban J connectivity index is 5.26. The first-order chi connectivity index (χ1) is 40.3. The fourth-order valence-electron chi connectivity index (χ4n) is 9.62. The van der Waals surface area contributed by atoms with E-state index >= 15 is 0 Å². The minimum atomic E-state index is -4.95. The second kappa shape index (κ2) is 56.3. The molecule has 0 aromatic rings. The Morgan fingerprint density at radius 2 is 0.607 bits per heavy atom. The van der Waals surface area contributed by atoms with E-state index < -0.39 is 97.5 Å². The summed E-state index contributed by atoms with van der Waals surface area (Å²) in [4.78, 5) is 72.3. The van der Waals surface area contributed by atoms with Crippen molar-refractivity contribution in [2.24, 2.45) is 17.8 Å². The third-order valence-corrected chi connectivity index (χ3v) is 17.1. The van der Waals surface area contributed by atoms with Crippen molar-refractivity contribution in [2.45, 2.75) is 336 Å². The van der Waals surface area contributed by atoms with Gasteiger partial charge in [0.05, 0.1) is 26.4 Å². The summed E-state index contributed by atoms with van der Waals surface area (Å²) in [5.41, 5.74) is 0. The second-order valence-corrected chi connectivity index (χ2v) is 27.6. The molecule has 17 nitrogen and oxygen atoms in total. The van der Waals surface area contributed by atoms with Gasteiger partial charge in [-0.2, -0.15) is 0 Å². The molecule has 6 atom stereocenters. The highest BCUT2D eigenvalue weighted by atomic mass is 31.2. The van der Waals surface area contributed by atoms with Crippen LogP contribution in [0.5, 0.6) is 0 Å². The Morgan fingerprint density at radius 3 is 0.905 bits per heavy atom. The topological polar surface area (TPSA) is 237 Å². The van der Waals surface area contributed by atoms with Crippen LogP contribution < -0.4 is 0 Å². The van der Waals surface area contributed by atoms with Crippen LogP contribution in [-0.4, -0.2) is 96.7 Å². The van der Waals surface area contributed by atoms with Gasteiger partial charge in [0.1, 0.15) is 19.3 Å². The number of rotatable bonds is 63. The molecule has 0 aliphatic carbocycles. The predicted octanol–water partition coefficient (Wildman–Crippen LogP) is 17.9. The van der Waals surface area contributed by atoms with Crippen LogP contribution in [-0.2, 0) is 65.4 Å². The van der Waals surface area contributed by atoms with Gasteiger partial charge in [-0.25, -0.2) is 9.13 Å². The van der Waals surface area contributed by atoms with Crippen LogP contribution >= 0.6 is 15.6 Å². The number of phosphoric ester groups is 2. The van der Waals surface area contributed by atoms with Crippen molar-refractivity contribution in [1.82, 2.24) is 0 Å². The number of phosphoric acid groups is 2. The molecule has 498 valence electrons. The molecule has 0 fully saturated rings. The lowest BCUT2D eigenvalue weighted by Crippen LogP contribution is -2.30. The van der Waals surface area contributed by atoms with Gasteiger partial charge in [0.2, 0.25) is 0 Å². The molecule has 0 bridgehead atoms. The van der Waals surface area contributed by atoms with Gasteiger partial charge < -0.3 is 33.8 Å². The Morgan fingerprint density at radius 1 is 0.345 bits per heavy atom. The summed E-state index contributed by atoms with van der Waals surface area (Å²) in [6.07, 6.45) is 37.6. The Kier molecular flexibility index (Phi) is 55.0. The molecule has 0 amide bonds. The molecule has 0 aromatic carbocycles. The zero-order valence-corrected chi connectivity index (χ0v) is 56.1. The molecule has 0 spiro atoms. The molecule has 0 aromatic heterocycles. The van der Waals surface area contributed by atoms with E-state index in [1.807, 2.05) is 0 Å². The van der Waals surface area contributed by atoms with E-state index in [2.05, 4.69) is 48.5 Å². The average molecular weight is 1240 g/mol. The lowest BCUT2D eigenvalue weighted by molar-refractivity contribution is -0.161. The van der Waals surface area contributed by atoms with E-state index in [4.69, 9.17) is 37.0 Å². The Hall–Kier alpha value is -1.94. The standard InChI is InChI=1S/C65H126O17P2/c1-8-10-11-12-13-14-19-24-32-39-46-62(67)76-53-61(82-65(70)49-42-35-28-27-31-38-45-58(7)9-2)55-80-84(73,74)78-51-59(66)50-77-83(71,72)79-54-60(81-64(69)48-41-34-26-21-16-18-23-30-37-44-57(5)6)52-75-63(68)47-40-33-25-20-15-17-22-29-36-43-56(3)4/h56-61,66H,8-55H2,1-7H3,(H,71,72)(H,73,74)/t58?,59-,60-,61-/m1/s1. The van der Waals surface area contributed by atoms with Crippen molar-refractivity contribution in [2.75, 3.05) is 39.6 Å². The smallest absolute Gasteiger partial charge is 0.462 e. The molecule has 3 unspecified atom stereocenters. The van der Waals surface area contributed by atoms with Gasteiger partial charge in [-0.05, 0) is 43.4 Å². The van der Waals surface area contributed by atoms with E-state index in [1.165, 1.54) is 128 Å². The fraction of sp³-hybridized carbons (Fsp3) is 0.938. The normalized spacial score (nSPS) is 14.7. The van der Waals surface area contributed by atoms with Crippen molar-refractivity contribution >= 4 is 39.5 Å². The fourth-order valence-corrected chi connectivity index (χ4v) is 11.2. The van der Waals surface area contributed by atoms with Gasteiger partial charge in [0.25, 0.3) is 0 Å². The second-order valence-electron chi connectivity index (χ2n) is 24.7. The van der Waals surface area contributed by atoms with E-state index in [0.29, 0.717) is 25.7 Å². The van der Waals surface area contributed by atoms with Gasteiger partial charge in [-0.1, -0.05) is 267 Å². The van der Waals surface area contributed by atoms with Gasteiger partial charge in [-0.15, -0.1) is 0 Å². The van der Waals surface area contributed by atoms with Crippen LogP contribution in [0.15, 0.2) is 0 Å². The number of esters is 4. The number of aliphatic hydroxyl groups is 1. The number of hydrogen-bond donors (Lipinski definition) is 3. The van der Waals surface area contributed by atoms with Crippen LogP contribution in [0, 0.1) is 17.8 Å². The number of aliphatic hydroxyl groups excluding tert-OH is 1. The lowest BCUT2D eigenvalue weighted by atomic mass is 10.00. The molecule has 19 heteroatoms. The molecule has 3 N–H and O–H groups in total. The minimum Gasteiger partial charge on any atom is -0.462 e. The highest BCUT2D eigenvalue weighted by molar-refractivity contribution is 7.47. The maximum Gasteiger partial charge on any atom is 0.472 e. The molecular weight excluding hydrogens is 1110 g/mol. The summed E-state index contributed by atoms with van der Waals surface area (Å²) in [6.45, 7) is 11.7. The molecular formula is C65H126O17P2. The SMILES string of the molecule is CCCCCCCCCCCCC(=O)OC[C@H](COP(=O)(O)OC[C@H](O)COP(=O)(O)OC[C@@H](COC(=O)CCCCCCCCCCCC(C)C)OC(=O)CCCCCCCCCCCC(C)C)OC(=O)CCCCCCCCC(C)CC. The Labute approximate surface area is 511 Å². The largest absolute Gasteiger partial charge is 0.472 e. The number of hydrogen-bond acceptors (Lipinski definition) is 15. The quantitative estimate of drug-likeness (QED) is 0.0222. The molecule has 0 radical (unpaired) electrons. The zero-order valence-electron chi connectivity index (χ0n) is 54.4. The van der Waals surface area contributed by atoms with Crippen molar-refractivity contribution in [1.29, 1.82) is 0 Å². The molecule has 0 aliphatic rings. The lowest BCUT2D eigenvalue weighted by Gasteiger charge is -2.21. The Bertz CT molecular complexity index is 1670. The van der Waals surface area contributed by atoms with Crippen LogP contribution in [0.3, 0.4) is 0 Å². The van der Waals surface area contributed by atoms with Crippen LogP contribution in [0.2, 0.25) is 0 Å². The molecule has 0 saturated carbocycles. The highest BCUT2D eigenvalue weighted by Gasteiger charge is 2.30. The summed E-state index contributed by atoms with van der Waals surface area (Å²) in [6, 6.07) is 0. The van der Waals surface area contributed by atoms with Crippen molar-refractivity contribution in [3.63, 3.8) is 0 Å². The first-order valence-corrected chi connectivity index (χ1v) is 36.9. The number of ether oxygens (including phenoxy) is 4. The van der Waals surface area contributed by atoms with E-state index in [-0.39, 0.29) is 25.7 Å². The van der Waals surface area contributed by atoms with E-state index in [0.717, 1.165) is 108 Å². The number of carbonyl (C=O) groups excluding carboxylic acids is 4. The average Bonchev–Trinajstić information content (AvgIpc) is 3.47. The maximum absolute atomic E-state index is 13.0. The van der Waals surface area contributed by atoms with Crippen molar-refractivity contribution in [3.8, 4) is 0 Å². The van der Waals surface area contributed by atoms with Gasteiger partial charge in [0.15, 0.2) is 12.2 Å². The number of carbonyl (C=O) groups is 4. The third kappa shape index (κ3) is 57.8. The minimum absolute atomic E-state index is 0.103. The first kappa shape index (κ1) is 82.1. The monoisotopic (exact) mass is 1240 g/mol. The number of unbranched alkanes of at least 4 members (excludes halogenated alkanes) is 30. The van der Waals surface area contributed by atoms with Crippen molar-refractivity contribution in [3.05, 3.63) is 0 Å².